The van der Waals surface area contributed by atoms with Crippen LogP contribution in [0.2, 0.25) is 0 Å². The standard InChI is InChI=1S/C20H19F3N6O.C13H10F3N3O2.2C7H11N3.C6H6N2O.CH5N.CH4/c1-13-6-16(8-17(7-13)20(21,22)23)19-26-12-29(27-19)5-4-18(30)28(3)11-15-9-24-14(2)25-10-15;1-8-4-9(6-10(5-8)13(14,15)16)12-17-7-19(18-12)3-2-11(20)21;2*1-6-9-4-7(3-8-2)5-10-6;1-5-7-2-6(4-9)3-8-5;1-2;/h4-10,12H,11H2,1-3H3;2-7H,1H3,(H,20,21);2*4-5,8H,3H2,1-2H3;2-4H,1H3;2H2,1H3;1H4/b5-4-;3-2-;;;;;. The minimum atomic E-state index is -4.46. The molecule has 5 N–H and O–H groups in total. The van der Waals surface area contributed by atoms with Crippen molar-refractivity contribution in [2.45, 2.75) is 81.0 Å². The Labute approximate surface area is 476 Å². The van der Waals surface area contributed by atoms with Gasteiger partial charge in [0.1, 0.15) is 36.0 Å². The van der Waals surface area contributed by atoms with E-state index >= 15 is 0 Å². The smallest absolute Gasteiger partial charge is 0.416 e. The molecule has 83 heavy (non-hydrogen) atoms. The van der Waals surface area contributed by atoms with Crippen LogP contribution in [0.4, 0.5) is 26.3 Å². The number of rotatable bonds is 13. The Kier molecular flexibility index (Phi) is 29.1. The predicted octanol–water partition coefficient (Wildman–Crippen LogP) is 8.15. The van der Waals surface area contributed by atoms with Gasteiger partial charge in [0, 0.05) is 129 Å². The van der Waals surface area contributed by atoms with Crippen LogP contribution in [0.1, 0.15) is 80.0 Å². The highest BCUT2D eigenvalue weighted by Crippen LogP contribution is 2.34. The number of carbonyl (C=O) groups is 3. The van der Waals surface area contributed by atoms with E-state index in [0.717, 1.165) is 88.9 Å². The molecule has 0 saturated carbocycles. The monoisotopic (exact) mass is 1160 g/mol. The lowest BCUT2D eigenvalue weighted by atomic mass is 10.1. The number of nitrogens with zero attached hydrogens (tertiary/aromatic N) is 15. The van der Waals surface area contributed by atoms with E-state index in [-0.39, 0.29) is 36.1 Å². The fraction of sp³-hybridized carbons (Fsp3) is 0.291. The van der Waals surface area contributed by atoms with Gasteiger partial charge >= 0.3 is 18.3 Å². The summed E-state index contributed by atoms with van der Waals surface area (Å²) in [5.41, 5.74) is 7.83. The number of carboxylic acid groups (broad SMARTS) is 1. The van der Waals surface area contributed by atoms with Crippen molar-refractivity contribution in [3.63, 3.8) is 0 Å². The Morgan fingerprint density at radius 3 is 1.25 bits per heavy atom. The number of aromatic nitrogens is 14. The van der Waals surface area contributed by atoms with Crippen LogP contribution in [0.5, 0.6) is 0 Å². The van der Waals surface area contributed by atoms with Crippen molar-refractivity contribution in [3.05, 3.63) is 179 Å². The van der Waals surface area contributed by atoms with Crippen LogP contribution in [0.25, 0.3) is 35.2 Å². The number of aliphatic carboxylic acids is 1. The molecule has 0 aliphatic carbocycles. The molecule has 0 fully saturated rings. The largest absolute Gasteiger partial charge is 0.478 e. The fourth-order valence-electron chi connectivity index (χ4n) is 6.26. The summed E-state index contributed by atoms with van der Waals surface area (Å²) in [6.07, 6.45) is 12.6. The predicted molar refractivity (Wildman–Crippen MR) is 300 cm³/mol. The average molecular weight is 1160 g/mol. The van der Waals surface area contributed by atoms with Crippen molar-refractivity contribution in [2.24, 2.45) is 5.73 Å². The first-order chi connectivity index (χ1) is 38.8. The minimum Gasteiger partial charge on any atom is -0.478 e. The SMILES string of the molecule is C.CN.CNCc1cnc(C)nc1.CNCc1cnc(C)nc1.Cc1cc(-c2ncn(/C=C\C(=O)N(C)Cc3cnc(C)nc3)n2)cc(C(F)(F)F)c1.Cc1cc(-c2ncn(/C=C\C(=O)O)n2)cc(C(F)(F)F)c1.Cc1ncc(C=O)cn1. The van der Waals surface area contributed by atoms with Crippen LogP contribution >= 0.6 is 0 Å². The number of alkyl halides is 6. The van der Waals surface area contributed by atoms with Crippen molar-refractivity contribution < 1.29 is 45.8 Å². The van der Waals surface area contributed by atoms with Crippen LogP contribution in [0.3, 0.4) is 0 Å². The van der Waals surface area contributed by atoms with Gasteiger partial charge in [0.05, 0.1) is 16.7 Å². The second kappa shape index (κ2) is 34.7. The zero-order chi connectivity index (χ0) is 61.0. The van der Waals surface area contributed by atoms with Crippen LogP contribution in [-0.2, 0) is 41.6 Å². The van der Waals surface area contributed by atoms with E-state index in [1.54, 1.807) is 53.2 Å². The highest BCUT2D eigenvalue weighted by atomic mass is 19.4. The van der Waals surface area contributed by atoms with Gasteiger partial charge in [0.2, 0.25) is 5.91 Å². The molecule has 0 bridgehead atoms. The van der Waals surface area contributed by atoms with E-state index in [1.165, 1.54) is 60.0 Å². The van der Waals surface area contributed by atoms with E-state index in [9.17, 15) is 40.7 Å². The highest BCUT2D eigenvalue weighted by Gasteiger charge is 2.32. The number of aryl methyl sites for hydroxylation is 6. The molecule has 0 aliphatic rings. The number of halogens is 6. The Hall–Kier alpha value is -9.41. The van der Waals surface area contributed by atoms with Crippen molar-refractivity contribution >= 4 is 30.6 Å². The van der Waals surface area contributed by atoms with Crippen molar-refractivity contribution in [2.75, 3.05) is 28.2 Å². The molecule has 22 nitrogen and oxygen atoms in total. The lowest BCUT2D eigenvalue weighted by Gasteiger charge is -2.14. The van der Waals surface area contributed by atoms with E-state index in [1.807, 2.05) is 52.7 Å². The molecule has 6 aromatic heterocycles. The Morgan fingerprint density at radius 1 is 0.566 bits per heavy atom. The second-order valence-corrected chi connectivity index (χ2v) is 17.1. The first-order valence-electron chi connectivity index (χ1n) is 24.3. The lowest BCUT2D eigenvalue weighted by Crippen LogP contribution is -2.24. The summed E-state index contributed by atoms with van der Waals surface area (Å²) >= 11 is 0. The van der Waals surface area contributed by atoms with Gasteiger partial charge in [-0.1, -0.05) is 7.43 Å². The maximum Gasteiger partial charge on any atom is 0.416 e. The van der Waals surface area contributed by atoms with Gasteiger partial charge < -0.3 is 26.4 Å². The first-order valence-corrected chi connectivity index (χ1v) is 24.3. The first kappa shape index (κ1) is 69.7. The second-order valence-electron chi connectivity index (χ2n) is 17.1. The average Bonchev–Trinajstić information content (AvgIpc) is 4.29. The number of hydrogen-bond donors (Lipinski definition) is 4. The summed E-state index contributed by atoms with van der Waals surface area (Å²) in [7, 11) is 6.93. The van der Waals surface area contributed by atoms with E-state index in [2.05, 4.69) is 76.4 Å². The summed E-state index contributed by atoms with van der Waals surface area (Å²) in [4.78, 5) is 74.0. The van der Waals surface area contributed by atoms with Crippen LogP contribution < -0.4 is 16.4 Å². The number of nitrogens with one attached hydrogen (secondary N) is 2. The zero-order valence-electron chi connectivity index (χ0n) is 46.5. The molecule has 6 heterocycles. The molecule has 0 saturated heterocycles. The number of carbonyl (C=O) groups excluding carboxylic acids is 2. The minimum absolute atomic E-state index is 0. The maximum absolute atomic E-state index is 13.0. The molecule has 0 radical (unpaired) electrons. The van der Waals surface area contributed by atoms with Gasteiger partial charge in [-0.25, -0.2) is 64.0 Å². The number of amides is 1. The van der Waals surface area contributed by atoms with Gasteiger partial charge in [-0.05, 0) is 110 Å². The fourth-order valence-corrected chi connectivity index (χ4v) is 6.26. The third-order valence-electron chi connectivity index (χ3n) is 10.1. The zero-order valence-corrected chi connectivity index (χ0v) is 46.5. The molecule has 28 heteroatoms. The third kappa shape index (κ3) is 25.7. The summed E-state index contributed by atoms with van der Waals surface area (Å²) in [6.45, 7) is 12.4. The van der Waals surface area contributed by atoms with Crippen LogP contribution in [-0.4, -0.2) is 126 Å². The lowest BCUT2D eigenvalue weighted by molar-refractivity contribution is -0.138. The van der Waals surface area contributed by atoms with Gasteiger partial charge in [0.15, 0.2) is 17.9 Å². The number of likely N-dealkylation sites (N-methyl/N-ethyl adjacent to an activating group) is 1. The Morgan fingerprint density at radius 2 is 0.916 bits per heavy atom. The Balaban J connectivity index is 0.000000383. The highest BCUT2D eigenvalue weighted by molar-refractivity contribution is 5.89. The molecule has 0 unspecified atom stereocenters. The topological polar surface area (TPSA) is 289 Å². The molecule has 0 aliphatic heterocycles. The maximum atomic E-state index is 13.0. The molecule has 8 rings (SSSR count). The number of benzene rings is 2. The third-order valence-corrected chi connectivity index (χ3v) is 10.1. The molecular weight excluding hydrogens is 1090 g/mol. The number of nitrogens with two attached hydrogens (primary N) is 1. The molecular formula is C55H66F6N18O4. The van der Waals surface area contributed by atoms with E-state index in [4.69, 9.17) is 5.11 Å². The summed E-state index contributed by atoms with van der Waals surface area (Å²) < 4.78 is 79.7. The molecule has 442 valence electrons. The van der Waals surface area contributed by atoms with Gasteiger partial charge in [-0.15, -0.1) is 10.2 Å². The molecule has 1 amide bonds. The van der Waals surface area contributed by atoms with Gasteiger partial charge in [0.25, 0.3) is 0 Å². The van der Waals surface area contributed by atoms with Crippen LogP contribution in [0, 0.1) is 41.5 Å². The quantitative estimate of drug-likeness (QED) is 0.0481. The summed E-state index contributed by atoms with van der Waals surface area (Å²) in [5.74, 6) is 1.72. The number of carboxylic acids is 1. The number of aldehydes is 1. The normalized spacial score (nSPS) is 10.7. The molecule has 0 atom stereocenters. The Bertz CT molecular complexity index is 3250. The van der Waals surface area contributed by atoms with Crippen molar-refractivity contribution in [1.82, 2.24) is 84.9 Å². The molecule has 8 aromatic rings. The van der Waals surface area contributed by atoms with Crippen molar-refractivity contribution in [1.29, 1.82) is 0 Å². The van der Waals surface area contributed by atoms with Crippen LogP contribution in [0.15, 0.2) is 111 Å². The van der Waals surface area contributed by atoms with Gasteiger partial charge in [-0.2, -0.15) is 26.3 Å². The summed E-state index contributed by atoms with van der Waals surface area (Å²) in [6, 6.07) is 7.14. The van der Waals surface area contributed by atoms with E-state index in [0.29, 0.717) is 34.9 Å². The van der Waals surface area contributed by atoms with Crippen molar-refractivity contribution in [3.8, 4) is 22.8 Å². The van der Waals surface area contributed by atoms with Gasteiger partial charge in [-0.3, -0.25) is 9.59 Å². The summed E-state index contributed by atoms with van der Waals surface area (Å²) in [5, 5.41) is 22.6. The molecule has 2 aromatic carbocycles. The van der Waals surface area contributed by atoms with E-state index < -0.39 is 29.4 Å². The molecule has 0 spiro atoms. The number of hydrogen-bond acceptors (Lipinski definition) is 18.